The van der Waals surface area contributed by atoms with Gasteiger partial charge in [-0.1, -0.05) is 6.92 Å². The molecule has 0 spiro atoms. The molecule has 1 fully saturated rings. The number of nitrogens with one attached hydrogen (secondary N) is 1. The third-order valence-corrected chi connectivity index (χ3v) is 3.42. The topological polar surface area (TPSA) is 35.6 Å². The Labute approximate surface area is 105 Å². The first-order valence-electron chi connectivity index (χ1n) is 6.73. The highest BCUT2D eigenvalue weighted by molar-refractivity contribution is 5.78. The molecule has 0 aromatic heterocycles. The first-order valence-corrected chi connectivity index (χ1v) is 6.73. The molecule has 17 heavy (non-hydrogen) atoms. The molecule has 1 aliphatic heterocycles. The fraction of sp³-hybridized carbons (Fsp3) is 0.923. The lowest BCUT2D eigenvalue weighted by Crippen LogP contribution is -2.59. The van der Waals surface area contributed by atoms with Crippen LogP contribution >= 0.6 is 0 Å². The van der Waals surface area contributed by atoms with Gasteiger partial charge in [0.15, 0.2) is 0 Å². The lowest BCUT2D eigenvalue weighted by atomic mass is 10.1. The van der Waals surface area contributed by atoms with Crippen molar-refractivity contribution in [2.75, 3.05) is 26.2 Å². The molecule has 1 N–H and O–H groups in total. The van der Waals surface area contributed by atoms with Crippen LogP contribution in [0.5, 0.6) is 0 Å². The Bertz CT molecular complexity index is 241. The predicted molar refractivity (Wildman–Crippen MR) is 71.0 cm³/mol. The monoisotopic (exact) mass is 241 g/mol. The molecule has 0 bridgehead atoms. The number of hydrogen-bond acceptors (Lipinski definition) is 3. The molecule has 100 valence electrons. The number of carbonyl (C=O) groups excluding carboxylic acids is 1. The number of likely N-dealkylation sites (N-methyl/N-ethyl adjacent to an activating group) is 1. The Morgan fingerprint density at radius 1 is 1.24 bits per heavy atom. The van der Waals surface area contributed by atoms with Gasteiger partial charge in [0.25, 0.3) is 0 Å². The van der Waals surface area contributed by atoms with E-state index in [9.17, 15) is 4.79 Å². The van der Waals surface area contributed by atoms with Gasteiger partial charge in [-0.15, -0.1) is 0 Å². The van der Waals surface area contributed by atoms with Crippen molar-refractivity contribution in [1.82, 2.24) is 15.1 Å². The van der Waals surface area contributed by atoms with Gasteiger partial charge in [0.1, 0.15) is 0 Å². The molecule has 1 aliphatic rings. The van der Waals surface area contributed by atoms with Crippen LogP contribution in [0.1, 0.15) is 34.6 Å². The van der Waals surface area contributed by atoms with Crippen LogP contribution < -0.4 is 5.32 Å². The van der Waals surface area contributed by atoms with Crippen molar-refractivity contribution in [1.29, 1.82) is 0 Å². The quantitative estimate of drug-likeness (QED) is 0.751. The summed E-state index contributed by atoms with van der Waals surface area (Å²) >= 11 is 0. The summed E-state index contributed by atoms with van der Waals surface area (Å²) in [5.41, 5.74) is 0. The van der Waals surface area contributed by atoms with Crippen LogP contribution in [0.2, 0.25) is 0 Å². The van der Waals surface area contributed by atoms with Crippen molar-refractivity contribution in [2.24, 2.45) is 0 Å². The van der Waals surface area contributed by atoms with Crippen LogP contribution in [0.3, 0.4) is 0 Å². The first-order chi connectivity index (χ1) is 7.97. The van der Waals surface area contributed by atoms with E-state index < -0.39 is 0 Å². The van der Waals surface area contributed by atoms with Crippen molar-refractivity contribution < 1.29 is 4.79 Å². The van der Waals surface area contributed by atoms with Gasteiger partial charge in [-0.25, -0.2) is 0 Å². The summed E-state index contributed by atoms with van der Waals surface area (Å²) in [5.74, 6) is 0.253. The number of carbonyl (C=O) groups is 1. The van der Waals surface area contributed by atoms with E-state index in [1.807, 2.05) is 4.90 Å². The predicted octanol–water partition coefficient (Wildman–Crippen LogP) is 0.926. The summed E-state index contributed by atoms with van der Waals surface area (Å²) in [7, 11) is 0. The SMILES string of the molecule is CCN(CC(=O)N(C(C)C)C(C)C)C1CNC1. The van der Waals surface area contributed by atoms with Crippen molar-refractivity contribution in [3.05, 3.63) is 0 Å². The van der Waals surface area contributed by atoms with Crippen LogP contribution in [0.4, 0.5) is 0 Å². The van der Waals surface area contributed by atoms with E-state index in [1.165, 1.54) is 0 Å². The molecule has 1 rings (SSSR count). The van der Waals surface area contributed by atoms with E-state index >= 15 is 0 Å². The maximum Gasteiger partial charge on any atom is 0.237 e. The standard InChI is InChI=1S/C13H27N3O/c1-6-15(12-7-14-8-12)9-13(17)16(10(2)3)11(4)5/h10-12,14H,6-9H2,1-5H3. The zero-order valence-electron chi connectivity index (χ0n) is 11.9. The fourth-order valence-corrected chi connectivity index (χ4v) is 2.46. The maximum atomic E-state index is 12.3. The van der Waals surface area contributed by atoms with Crippen molar-refractivity contribution in [2.45, 2.75) is 52.7 Å². The van der Waals surface area contributed by atoms with Gasteiger partial charge >= 0.3 is 0 Å². The van der Waals surface area contributed by atoms with Crippen LogP contribution in [-0.2, 0) is 4.79 Å². The highest BCUT2D eigenvalue weighted by atomic mass is 16.2. The smallest absolute Gasteiger partial charge is 0.237 e. The molecule has 1 amide bonds. The van der Waals surface area contributed by atoms with Crippen LogP contribution in [0.15, 0.2) is 0 Å². The van der Waals surface area contributed by atoms with E-state index in [-0.39, 0.29) is 18.0 Å². The Hall–Kier alpha value is -0.610. The first kappa shape index (κ1) is 14.5. The van der Waals surface area contributed by atoms with Gasteiger partial charge in [-0.2, -0.15) is 0 Å². The van der Waals surface area contributed by atoms with Gasteiger partial charge in [-0.05, 0) is 34.2 Å². The second kappa shape index (κ2) is 6.36. The van der Waals surface area contributed by atoms with Gasteiger partial charge in [-0.3, -0.25) is 9.69 Å². The normalized spacial score (nSPS) is 16.7. The van der Waals surface area contributed by atoms with E-state index in [0.717, 1.165) is 19.6 Å². The molecular formula is C13H27N3O. The molecule has 0 atom stereocenters. The second-order valence-electron chi connectivity index (χ2n) is 5.36. The summed E-state index contributed by atoms with van der Waals surface area (Å²) in [6, 6.07) is 1.10. The van der Waals surface area contributed by atoms with Gasteiger partial charge in [0, 0.05) is 31.2 Å². The third kappa shape index (κ3) is 3.68. The Kier molecular flexibility index (Phi) is 5.40. The average molecular weight is 241 g/mol. The summed E-state index contributed by atoms with van der Waals surface area (Å²) in [6.07, 6.45) is 0. The summed E-state index contributed by atoms with van der Waals surface area (Å²) in [4.78, 5) is 16.6. The van der Waals surface area contributed by atoms with E-state index in [0.29, 0.717) is 12.6 Å². The van der Waals surface area contributed by atoms with E-state index in [1.54, 1.807) is 0 Å². The van der Waals surface area contributed by atoms with E-state index in [2.05, 4.69) is 44.8 Å². The Morgan fingerprint density at radius 2 is 1.76 bits per heavy atom. The molecule has 0 radical (unpaired) electrons. The number of hydrogen-bond donors (Lipinski definition) is 1. The molecule has 0 aromatic rings. The van der Waals surface area contributed by atoms with Crippen LogP contribution in [0, 0.1) is 0 Å². The zero-order valence-corrected chi connectivity index (χ0v) is 11.9. The highest BCUT2D eigenvalue weighted by Gasteiger charge is 2.28. The third-order valence-electron chi connectivity index (χ3n) is 3.42. The largest absolute Gasteiger partial charge is 0.337 e. The molecule has 0 aliphatic carbocycles. The van der Waals surface area contributed by atoms with E-state index in [4.69, 9.17) is 0 Å². The number of nitrogens with zero attached hydrogens (tertiary/aromatic N) is 2. The Morgan fingerprint density at radius 3 is 2.06 bits per heavy atom. The van der Waals surface area contributed by atoms with Crippen LogP contribution in [-0.4, -0.2) is 60.0 Å². The fourth-order valence-electron chi connectivity index (χ4n) is 2.46. The molecular weight excluding hydrogens is 214 g/mol. The molecule has 0 aromatic carbocycles. The molecule has 4 nitrogen and oxygen atoms in total. The highest BCUT2D eigenvalue weighted by Crippen LogP contribution is 2.09. The minimum absolute atomic E-state index is 0.253. The average Bonchev–Trinajstić information content (AvgIpc) is 2.12. The molecule has 0 unspecified atom stereocenters. The Balaban J connectivity index is 2.55. The van der Waals surface area contributed by atoms with Gasteiger partial charge in [0.2, 0.25) is 5.91 Å². The summed E-state index contributed by atoms with van der Waals surface area (Å²) in [5, 5.41) is 3.26. The van der Waals surface area contributed by atoms with Gasteiger partial charge < -0.3 is 10.2 Å². The summed E-state index contributed by atoms with van der Waals surface area (Å²) < 4.78 is 0. The number of rotatable bonds is 6. The minimum atomic E-state index is 0.253. The lowest BCUT2D eigenvalue weighted by molar-refractivity contribution is -0.136. The molecule has 4 heteroatoms. The number of amides is 1. The van der Waals surface area contributed by atoms with Crippen molar-refractivity contribution in [3.63, 3.8) is 0 Å². The molecule has 0 saturated carbocycles. The van der Waals surface area contributed by atoms with Crippen LogP contribution in [0.25, 0.3) is 0 Å². The summed E-state index contributed by atoms with van der Waals surface area (Å²) in [6.45, 7) is 14.0. The van der Waals surface area contributed by atoms with Gasteiger partial charge in [0.05, 0.1) is 6.54 Å². The van der Waals surface area contributed by atoms with Crippen molar-refractivity contribution in [3.8, 4) is 0 Å². The zero-order chi connectivity index (χ0) is 13.0. The molecule has 1 heterocycles. The lowest BCUT2D eigenvalue weighted by Gasteiger charge is -2.39. The minimum Gasteiger partial charge on any atom is -0.337 e. The maximum absolute atomic E-state index is 12.3. The van der Waals surface area contributed by atoms with Crippen molar-refractivity contribution >= 4 is 5.91 Å². The second-order valence-corrected chi connectivity index (χ2v) is 5.36. The molecule has 1 saturated heterocycles.